The van der Waals surface area contributed by atoms with E-state index in [0.717, 1.165) is 6.42 Å². The van der Waals surface area contributed by atoms with Gasteiger partial charge in [-0.25, -0.2) is 4.39 Å². The number of furan rings is 1. The van der Waals surface area contributed by atoms with Gasteiger partial charge in [-0.3, -0.25) is 4.79 Å². The first-order valence-corrected chi connectivity index (χ1v) is 9.20. The molecule has 0 radical (unpaired) electrons. The number of halogens is 1. The Labute approximate surface area is 150 Å². The molecule has 2 aromatic heterocycles. The first-order valence-electron chi connectivity index (χ1n) is 8.26. The Hall–Kier alpha value is -2.40. The number of aryl methyl sites for hydroxylation is 1. The Morgan fingerprint density at radius 2 is 2.08 bits per heavy atom. The van der Waals surface area contributed by atoms with Gasteiger partial charge >= 0.3 is 0 Å². The highest BCUT2D eigenvalue weighted by molar-refractivity contribution is 7.07. The fourth-order valence-corrected chi connectivity index (χ4v) is 3.40. The summed E-state index contributed by atoms with van der Waals surface area (Å²) in [5.41, 5.74) is 1.67. The summed E-state index contributed by atoms with van der Waals surface area (Å²) >= 11 is 1.66. The molecule has 1 unspecified atom stereocenters. The number of carbonyl (C=O) groups excluding carboxylic acids is 1. The van der Waals surface area contributed by atoms with Crippen LogP contribution in [0.4, 0.5) is 4.39 Å². The highest BCUT2D eigenvalue weighted by atomic mass is 32.1. The molecule has 3 rings (SSSR count). The summed E-state index contributed by atoms with van der Waals surface area (Å²) in [5, 5.41) is 7.13. The predicted octanol–water partition coefficient (Wildman–Crippen LogP) is 4.83. The third-order valence-corrected chi connectivity index (χ3v) is 4.66. The van der Waals surface area contributed by atoms with Crippen LogP contribution in [0.25, 0.3) is 11.3 Å². The molecular weight excluding hydrogens is 337 g/mol. The van der Waals surface area contributed by atoms with E-state index in [-0.39, 0.29) is 17.8 Å². The molecule has 1 aromatic carbocycles. The third kappa shape index (κ3) is 4.79. The summed E-state index contributed by atoms with van der Waals surface area (Å²) in [5.74, 6) is 0.841. The van der Waals surface area contributed by atoms with Crippen LogP contribution in [-0.4, -0.2) is 11.9 Å². The summed E-state index contributed by atoms with van der Waals surface area (Å²) in [6.45, 7) is 2.00. The number of hydrogen-bond donors (Lipinski definition) is 1. The Morgan fingerprint density at radius 1 is 1.24 bits per heavy atom. The van der Waals surface area contributed by atoms with Gasteiger partial charge in [0.15, 0.2) is 0 Å². The highest BCUT2D eigenvalue weighted by Crippen LogP contribution is 2.25. The van der Waals surface area contributed by atoms with E-state index in [4.69, 9.17) is 4.42 Å². The molecule has 25 heavy (non-hydrogen) atoms. The molecule has 0 saturated heterocycles. The monoisotopic (exact) mass is 357 g/mol. The van der Waals surface area contributed by atoms with Gasteiger partial charge in [0.25, 0.3) is 0 Å². The van der Waals surface area contributed by atoms with E-state index in [2.05, 4.69) is 16.8 Å². The van der Waals surface area contributed by atoms with Gasteiger partial charge in [0, 0.05) is 18.9 Å². The number of nitrogens with one attached hydrogen (secondary N) is 1. The van der Waals surface area contributed by atoms with Gasteiger partial charge in [0.05, 0.1) is 5.56 Å². The molecule has 1 atom stereocenters. The van der Waals surface area contributed by atoms with Gasteiger partial charge in [0.1, 0.15) is 17.3 Å². The molecule has 0 spiro atoms. The van der Waals surface area contributed by atoms with Gasteiger partial charge < -0.3 is 9.73 Å². The minimum atomic E-state index is -0.316. The van der Waals surface area contributed by atoms with Crippen LogP contribution in [-0.2, 0) is 17.6 Å². The summed E-state index contributed by atoms with van der Waals surface area (Å²) < 4.78 is 19.4. The van der Waals surface area contributed by atoms with Crippen molar-refractivity contribution >= 4 is 17.2 Å². The molecule has 0 fully saturated rings. The van der Waals surface area contributed by atoms with Crippen LogP contribution in [0.2, 0.25) is 0 Å². The molecule has 0 saturated carbocycles. The maximum atomic E-state index is 13.8. The van der Waals surface area contributed by atoms with Crippen LogP contribution in [0, 0.1) is 5.82 Å². The topological polar surface area (TPSA) is 42.2 Å². The van der Waals surface area contributed by atoms with Crippen molar-refractivity contribution < 1.29 is 13.6 Å². The summed E-state index contributed by atoms with van der Waals surface area (Å²) in [4.78, 5) is 12.1. The minimum absolute atomic E-state index is 0.00780. The molecule has 3 nitrogen and oxygen atoms in total. The zero-order chi connectivity index (χ0) is 17.6. The van der Waals surface area contributed by atoms with Crippen LogP contribution < -0.4 is 5.32 Å². The lowest BCUT2D eigenvalue weighted by Gasteiger charge is -2.12. The van der Waals surface area contributed by atoms with Crippen LogP contribution >= 0.6 is 11.3 Å². The predicted molar refractivity (Wildman–Crippen MR) is 98.1 cm³/mol. The summed E-state index contributed by atoms with van der Waals surface area (Å²) in [6, 6.07) is 12.2. The van der Waals surface area contributed by atoms with Crippen LogP contribution in [0.1, 0.15) is 24.7 Å². The second-order valence-corrected chi connectivity index (χ2v) is 6.83. The van der Waals surface area contributed by atoms with E-state index in [0.29, 0.717) is 29.9 Å². The largest absolute Gasteiger partial charge is 0.461 e. The second-order valence-electron chi connectivity index (χ2n) is 6.05. The molecule has 5 heteroatoms. The normalized spacial score (nSPS) is 12.1. The third-order valence-electron chi connectivity index (χ3n) is 3.93. The number of thiophene rings is 1. The van der Waals surface area contributed by atoms with Crippen LogP contribution in [0.3, 0.4) is 0 Å². The lowest BCUT2D eigenvalue weighted by Crippen LogP contribution is -2.34. The average Bonchev–Trinajstić information content (AvgIpc) is 3.25. The molecular formula is C20H20FNO2S. The molecule has 130 valence electrons. The molecule has 0 bridgehead atoms. The molecule has 2 heterocycles. The van der Waals surface area contributed by atoms with Gasteiger partial charge in [-0.05, 0) is 60.0 Å². The lowest BCUT2D eigenvalue weighted by molar-refractivity contribution is -0.121. The molecule has 3 aromatic rings. The number of carbonyl (C=O) groups is 1. The summed E-state index contributed by atoms with van der Waals surface area (Å²) in [6.07, 6.45) is 1.66. The van der Waals surface area contributed by atoms with E-state index in [1.807, 2.05) is 12.3 Å². The number of hydrogen-bond acceptors (Lipinski definition) is 3. The number of rotatable bonds is 7. The van der Waals surface area contributed by atoms with Gasteiger partial charge in [-0.1, -0.05) is 12.1 Å². The molecule has 0 aliphatic rings. The van der Waals surface area contributed by atoms with Gasteiger partial charge in [-0.2, -0.15) is 11.3 Å². The summed E-state index contributed by atoms with van der Waals surface area (Å²) in [7, 11) is 0. The van der Waals surface area contributed by atoms with E-state index in [9.17, 15) is 9.18 Å². The highest BCUT2D eigenvalue weighted by Gasteiger charge is 2.12. The Bertz CT molecular complexity index is 826. The molecule has 0 aliphatic heterocycles. The van der Waals surface area contributed by atoms with Crippen LogP contribution in [0.5, 0.6) is 0 Å². The first-order chi connectivity index (χ1) is 12.1. The van der Waals surface area contributed by atoms with Crippen molar-refractivity contribution in [3.05, 3.63) is 70.4 Å². The zero-order valence-corrected chi connectivity index (χ0v) is 14.8. The van der Waals surface area contributed by atoms with Crippen molar-refractivity contribution in [2.24, 2.45) is 0 Å². The van der Waals surface area contributed by atoms with Crippen molar-refractivity contribution in [2.75, 3.05) is 0 Å². The van der Waals surface area contributed by atoms with Gasteiger partial charge in [0.2, 0.25) is 5.91 Å². The zero-order valence-electron chi connectivity index (χ0n) is 14.0. The fourth-order valence-electron chi connectivity index (χ4n) is 2.72. The van der Waals surface area contributed by atoms with E-state index >= 15 is 0 Å². The van der Waals surface area contributed by atoms with Crippen molar-refractivity contribution in [1.82, 2.24) is 5.32 Å². The Balaban J connectivity index is 1.50. The van der Waals surface area contributed by atoms with E-state index in [1.54, 1.807) is 41.7 Å². The maximum absolute atomic E-state index is 13.8. The fraction of sp³-hybridized carbons (Fsp3) is 0.250. The smallest absolute Gasteiger partial charge is 0.220 e. The molecule has 0 aliphatic carbocycles. The van der Waals surface area contributed by atoms with Crippen molar-refractivity contribution in [3.8, 4) is 11.3 Å². The first kappa shape index (κ1) is 17.4. The second kappa shape index (κ2) is 8.12. The number of amides is 1. The van der Waals surface area contributed by atoms with E-state index < -0.39 is 0 Å². The standard InChI is InChI=1S/C20H20FNO2S/c1-14(12-15-10-11-25-13-15)22-20(23)9-7-16-6-8-19(24-16)17-4-2-3-5-18(17)21/h2-6,8,10-11,13-14H,7,9,12H2,1H3,(H,22,23). The maximum Gasteiger partial charge on any atom is 0.220 e. The van der Waals surface area contributed by atoms with Crippen molar-refractivity contribution in [2.45, 2.75) is 32.2 Å². The SMILES string of the molecule is CC(Cc1ccsc1)NC(=O)CCc1ccc(-c2ccccc2F)o1. The number of benzene rings is 1. The van der Waals surface area contributed by atoms with Crippen molar-refractivity contribution in [3.63, 3.8) is 0 Å². The molecule has 1 amide bonds. The van der Waals surface area contributed by atoms with E-state index in [1.165, 1.54) is 11.6 Å². The van der Waals surface area contributed by atoms with Gasteiger partial charge in [-0.15, -0.1) is 0 Å². The van der Waals surface area contributed by atoms with Crippen molar-refractivity contribution in [1.29, 1.82) is 0 Å². The lowest BCUT2D eigenvalue weighted by atomic mass is 10.1. The average molecular weight is 357 g/mol. The Morgan fingerprint density at radius 3 is 2.84 bits per heavy atom. The minimum Gasteiger partial charge on any atom is -0.461 e. The quantitative estimate of drug-likeness (QED) is 0.658. The Kier molecular flexibility index (Phi) is 5.66. The van der Waals surface area contributed by atoms with Crippen LogP contribution in [0.15, 0.2) is 57.6 Å². The molecule has 1 N–H and O–H groups in total.